The molecule has 7 heteroatoms. The number of nitrogens with zero attached hydrogens (tertiary/aromatic N) is 1. The van der Waals surface area contributed by atoms with Crippen molar-refractivity contribution in [2.24, 2.45) is 0 Å². The molecule has 1 aromatic heterocycles. The van der Waals surface area contributed by atoms with E-state index in [1.54, 1.807) is 13.8 Å². The van der Waals surface area contributed by atoms with Crippen molar-refractivity contribution in [3.05, 3.63) is 22.5 Å². The summed E-state index contributed by atoms with van der Waals surface area (Å²) in [5.41, 5.74) is 2.08. The molecule has 1 N–H and O–H groups in total. The van der Waals surface area contributed by atoms with Crippen LogP contribution in [0.25, 0.3) is 0 Å². The predicted octanol–water partition coefficient (Wildman–Crippen LogP) is 1.05. The van der Waals surface area contributed by atoms with E-state index in [1.165, 1.54) is 11.2 Å². The van der Waals surface area contributed by atoms with E-state index in [2.05, 4.69) is 4.98 Å². The van der Waals surface area contributed by atoms with E-state index in [4.69, 9.17) is 0 Å². The second-order valence-corrected chi connectivity index (χ2v) is 7.20. The minimum absolute atomic E-state index is 0.0989. The molecule has 0 aromatic carbocycles. The van der Waals surface area contributed by atoms with Crippen molar-refractivity contribution in [3.8, 4) is 0 Å². The van der Waals surface area contributed by atoms with Gasteiger partial charge in [-0.2, -0.15) is 4.31 Å². The second kappa shape index (κ2) is 5.14. The zero-order valence-corrected chi connectivity index (χ0v) is 12.6. The summed E-state index contributed by atoms with van der Waals surface area (Å²) in [4.78, 5) is 26.7. The van der Waals surface area contributed by atoms with Crippen LogP contribution in [-0.2, 0) is 10.0 Å². The Hall–Kier alpha value is -1.47. The number of aryl methyl sites for hydroxylation is 1. The summed E-state index contributed by atoms with van der Waals surface area (Å²) in [7, 11) is -3.29. The predicted molar refractivity (Wildman–Crippen MR) is 74.6 cm³/mol. The number of carbonyl (C=O) groups excluding carboxylic acids is 2. The average molecular weight is 298 g/mol. The molecule has 0 radical (unpaired) electrons. The summed E-state index contributed by atoms with van der Waals surface area (Å²) in [6, 6.07) is 0. The van der Waals surface area contributed by atoms with Gasteiger partial charge in [0.15, 0.2) is 11.6 Å². The van der Waals surface area contributed by atoms with Gasteiger partial charge in [-0.1, -0.05) is 0 Å². The minimum atomic E-state index is -3.29. The average Bonchev–Trinajstić information content (AvgIpc) is 2.79. The molecule has 2 heterocycles. The van der Waals surface area contributed by atoms with Gasteiger partial charge in [0.05, 0.1) is 18.0 Å². The molecule has 0 aliphatic carbocycles. The first kappa shape index (κ1) is 14.9. The molecular weight excluding hydrogens is 280 g/mol. The third-order valence-corrected chi connectivity index (χ3v) is 5.49. The van der Waals surface area contributed by atoms with Crippen molar-refractivity contribution in [1.29, 1.82) is 0 Å². The van der Waals surface area contributed by atoms with Crippen molar-refractivity contribution in [1.82, 2.24) is 9.29 Å². The molecule has 1 aliphatic heterocycles. The van der Waals surface area contributed by atoms with Crippen LogP contribution in [-0.4, -0.2) is 48.1 Å². The van der Waals surface area contributed by atoms with E-state index in [-0.39, 0.29) is 23.9 Å². The van der Waals surface area contributed by atoms with Gasteiger partial charge in [0.25, 0.3) is 0 Å². The highest BCUT2D eigenvalue weighted by Crippen LogP contribution is 2.20. The third-order valence-electron chi connectivity index (χ3n) is 3.59. The molecule has 0 bridgehead atoms. The lowest BCUT2D eigenvalue weighted by Gasteiger charge is -2.12. The second-order valence-electron chi connectivity index (χ2n) is 5.11. The number of sulfonamides is 1. The first-order valence-corrected chi connectivity index (χ1v) is 8.06. The van der Waals surface area contributed by atoms with E-state index >= 15 is 0 Å². The lowest BCUT2D eigenvalue weighted by Crippen LogP contribution is -2.31. The number of hydrogen-bond donors (Lipinski definition) is 1. The number of aromatic nitrogens is 1. The molecule has 0 atom stereocenters. The van der Waals surface area contributed by atoms with Gasteiger partial charge < -0.3 is 4.98 Å². The van der Waals surface area contributed by atoms with Crippen LogP contribution in [0.15, 0.2) is 0 Å². The van der Waals surface area contributed by atoms with Gasteiger partial charge in [0, 0.05) is 17.8 Å². The number of Topliss-reactive ketones (excluding diaryl/α,β-unsaturated/α-hetero) is 2. The molecule has 6 nitrogen and oxygen atoms in total. The van der Waals surface area contributed by atoms with Gasteiger partial charge in [-0.3, -0.25) is 9.59 Å². The highest BCUT2D eigenvalue weighted by molar-refractivity contribution is 7.89. The van der Waals surface area contributed by atoms with Crippen LogP contribution in [0.5, 0.6) is 0 Å². The molecule has 0 unspecified atom stereocenters. The topological polar surface area (TPSA) is 87.3 Å². The van der Waals surface area contributed by atoms with Crippen LogP contribution in [0.2, 0.25) is 0 Å². The Kier molecular flexibility index (Phi) is 3.84. The lowest BCUT2D eigenvalue weighted by molar-refractivity contribution is 0.0963. The van der Waals surface area contributed by atoms with Crippen LogP contribution < -0.4 is 0 Å². The van der Waals surface area contributed by atoms with Gasteiger partial charge in [-0.15, -0.1) is 0 Å². The Morgan fingerprint density at radius 1 is 1.30 bits per heavy atom. The van der Waals surface area contributed by atoms with Crippen molar-refractivity contribution >= 4 is 21.6 Å². The Morgan fingerprint density at radius 3 is 2.40 bits per heavy atom. The van der Waals surface area contributed by atoms with Crippen LogP contribution in [0.3, 0.4) is 0 Å². The number of aromatic amines is 1. The molecule has 110 valence electrons. The summed E-state index contributed by atoms with van der Waals surface area (Å²) in [5, 5.41) is 0. The Morgan fingerprint density at radius 2 is 1.95 bits per heavy atom. The monoisotopic (exact) mass is 298 g/mol. The van der Waals surface area contributed by atoms with Crippen molar-refractivity contribution < 1.29 is 18.0 Å². The van der Waals surface area contributed by atoms with E-state index in [1.807, 2.05) is 0 Å². The summed E-state index contributed by atoms with van der Waals surface area (Å²) < 4.78 is 24.6. The normalized spacial score (nSPS) is 18.4. The Balaban J connectivity index is 2.27. The van der Waals surface area contributed by atoms with Gasteiger partial charge in [-0.25, -0.2) is 8.42 Å². The molecule has 0 spiro atoms. The largest absolute Gasteiger partial charge is 0.355 e. The number of H-pyrrole nitrogens is 1. The van der Waals surface area contributed by atoms with Gasteiger partial charge >= 0.3 is 0 Å². The van der Waals surface area contributed by atoms with Crippen LogP contribution in [0.4, 0.5) is 0 Å². The first-order valence-electron chi connectivity index (χ1n) is 6.45. The zero-order valence-electron chi connectivity index (χ0n) is 11.8. The maximum atomic E-state index is 12.2. The van der Waals surface area contributed by atoms with Crippen LogP contribution in [0, 0.1) is 13.8 Å². The smallest absolute Gasteiger partial charge is 0.214 e. The molecule has 1 fully saturated rings. The lowest BCUT2D eigenvalue weighted by atomic mass is 10.1. The fourth-order valence-corrected chi connectivity index (χ4v) is 4.14. The van der Waals surface area contributed by atoms with E-state index < -0.39 is 10.0 Å². The number of hydrogen-bond acceptors (Lipinski definition) is 4. The standard InChI is InChI=1S/C13H18N2O4S/c1-8-12(10(3)16)9(2)14-13(8)11(17)7-15-5-4-6-20(15,18)19/h14H,4-7H2,1-3H3. The maximum absolute atomic E-state index is 12.2. The summed E-state index contributed by atoms with van der Waals surface area (Å²) >= 11 is 0. The molecule has 1 aromatic rings. The van der Waals surface area contributed by atoms with Crippen LogP contribution >= 0.6 is 0 Å². The van der Waals surface area contributed by atoms with E-state index in [9.17, 15) is 18.0 Å². The number of nitrogens with one attached hydrogen (secondary N) is 1. The fraction of sp³-hybridized carbons (Fsp3) is 0.538. The zero-order chi connectivity index (χ0) is 15.1. The molecule has 0 saturated carbocycles. The SMILES string of the molecule is CC(=O)c1c(C)[nH]c(C(=O)CN2CCCS2(=O)=O)c1C. The summed E-state index contributed by atoms with van der Waals surface area (Å²) in [6.07, 6.45) is 0.553. The molecular formula is C13H18N2O4S. The molecule has 1 aliphatic rings. The van der Waals surface area contributed by atoms with Crippen LogP contribution in [0.1, 0.15) is 45.4 Å². The Bertz CT molecular complexity index is 673. The van der Waals surface area contributed by atoms with E-state index in [0.29, 0.717) is 35.5 Å². The fourth-order valence-electron chi connectivity index (χ4n) is 2.67. The number of carbonyl (C=O) groups is 2. The van der Waals surface area contributed by atoms with Crippen molar-refractivity contribution in [2.75, 3.05) is 18.8 Å². The maximum Gasteiger partial charge on any atom is 0.214 e. The summed E-state index contributed by atoms with van der Waals surface area (Å²) in [6.45, 7) is 5.09. The highest BCUT2D eigenvalue weighted by Gasteiger charge is 2.31. The number of rotatable bonds is 4. The van der Waals surface area contributed by atoms with Gasteiger partial charge in [0.1, 0.15) is 0 Å². The third kappa shape index (κ3) is 2.55. The van der Waals surface area contributed by atoms with Crippen molar-refractivity contribution in [3.63, 3.8) is 0 Å². The van der Waals surface area contributed by atoms with Crippen molar-refractivity contribution in [2.45, 2.75) is 27.2 Å². The molecule has 1 saturated heterocycles. The molecule has 20 heavy (non-hydrogen) atoms. The number of ketones is 2. The Labute approximate surface area is 118 Å². The molecule has 2 rings (SSSR count). The minimum Gasteiger partial charge on any atom is -0.355 e. The highest BCUT2D eigenvalue weighted by atomic mass is 32.2. The first-order chi connectivity index (χ1) is 9.24. The van der Waals surface area contributed by atoms with Gasteiger partial charge in [0.2, 0.25) is 10.0 Å². The quantitative estimate of drug-likeness (QED) is 0.842. The van der Waals surface area contributed by atoms with E-state index in [0.717, 1.165) is 0 Å². The van der Waals surface area contributed by atoms with Gasteiger partial charge in [-0.05, 0) is 32.8 Å². The summed E-state index contributed by atoms with van der Waals surface area (Å²) in [5.74, 6) is -0.311. The molecule has 0 amide bonds.